The van der Waals surface area contributed by atoms with Gasteiger partial charge in [-0.2, -0.15) is 0 Å². The summed E-state index contributed by atoms with van der Waals surface area (Å²) in [5.74, 6) is 0. The third-order valence-electron chi connectivity index (χ3n) is 2.35. The molecule has 13 heavy (non-hydrogen) atoms. The molecule has 0 saturated carbocycles. The lowest BCUT2D eigenvalue weighted by Gasteiger charge is -2.12. The fourth-order valence-corrected chi connectivity index (χ4v) is 1.59. The first-order chi connectivity index (χ1) is 6.29. The van der Waals surface area contributed by atoms with Crippen molar-refractivity contribution in [3.05, 3.63) is 0 Å². The van der Waals surface area contributed by atoms with Crippen LogP contribution >= 0.6 is 0 Å². The highest BCUT2D eigenvalue weighted by Crippen LogP contribution is 2.10. The summed E-state index contributed by atoms with van der Waals surface area (Å²) in [6.07, 6.45) is 4.18. The quantitative estimate of drug-likeness (QED) is 0.618. The number of rotatable bonds is 6. The second-order valence-corrected chi connectivity index (χ2v) is 4.00. The predicted octanol–water partition coefficient (Wildman–Crippen LogP) is 0.707. The first kappa shape index (κ1) is 11.0. The molecule has 0 radical (unpaired) electrons. The molecule has 1 aliphatic rings. The highest BCUT2D eigenvalue weighted by Gasteiger charge is 2.13. The van der Waals surface area contributed by atoms with Gasteiger partial charge in [-0.1, -0.05) is 0 Å². The van der Waals surface area contributed by atoms with Crippen molar-refractivity contribution in [3.63, 3.8) is 0 Å². The highest BCUT2D eigenvalue weighted by atomic mass is 16.5. The molecule has 0 spiro atoms. The average molecular weight is 186 g/mol. The van der Waals surface area contributed by atoms with Gasteiger partial charge in [-0.25, -0.2) is 0 Å². The molecule has 1 fully saturated rings. The minimum absolute atomic E-state index is 0.486. The summed E-state index contributed by atoms with van der Waals surface area (Å²) >= 11 is 0. The molecule has 78 valence electrons. The maximum absolute atomic E-state index is 5.51. The molecule has 1 aliphatic heterocycles. The third kappa shape index (κ3) is 5.24. The summed E-state index contributed by atoms with van der Waals surface area (Å²) in [6, 6.07) is 0. The normalized spacial score (nSPS) is 22.8. The van der Waals surface area contributed by atoms with Crippen molar-refractivity contribution < 1.29 is 4.74 Å². The van der Waals surface area contributed by atoms with Gasteiger partial charge in [0.25, 0.3) is 0 Å². The lowest BCUT2D eigenvalue weighted by molar-refractivity contribution is 0.110. The Balaban J connectivity index is 1.83. The van der Waals surface area contributed by atoms with E-state index in [2.05, 4.69) is 24.3 Å². The standard InChI is InChI=1S/C10H22N2O/c1-12(2)7-4-6-11-9-10-5-3-8-13-10/h10-11H,3-9H2,1-2H3/t10-/m0/s1. The van der Waals surface area contributed by atoms with Crippen molar-refractivity contribution in [2.45, 2.75) is 25.4 Å². The number of ether oxygens (including phenoxy) is 1. The lowest BCUT2D eigenvalue weighted by Crippen LogP contribution is -2.28. The summed E-state index contributed by atoms with van der Waals surface area (Å²) in [6.45, 7) is 4.27. The smallest absolute Gasteiger partial charge is 0.0700 e. The fraction of sp³-hybridized carbons (Fsp3) is 1.00. The molecule has 1 N–H and O–H groups in total. The fourth-order valence-electron chi connectivity index (χ4n) is 1.59. The zero-order valence-electron chi connectivity index (χ0n) is 8.88. The largest absolute Gasteiger partial charge is 0.377 e. The van der Waals surface area contributed by atoms with E-state index in [1.165, 1.54) is 25.8 Å². The van der Waals surface area contributed by atoms with Crippen molar-refractivity contribution in [2.75, 3.05) is 40.3 Å². The van der Waals surface area contributed by atoms with Gasteiger partial charge in [0, 0.05) is 13.2 Å². The Labute approximate surface area is 81.4 Å². The summed E-state index contributed by atoms with van der Waals surface area (Å²) in [5.41, 5.74) is 0. The van der Waals surface area contributed by atoms with Crippen molar-refractivity contribution >= 4 is 0 Å². The number of nitrogens with one attached hydrogen (secondary N) is 1. The van der Waals surface area contributed by atoms with E-state index in [-0.39, 0.29) is 0 Å². The zero-order valence-corrected chi connectivity index (χ0v) is 8.88. The van der Waals surface area contributed by atoms with Gasteiger partial charge in [-0.05, 0) is 46.4 Å². The molecule has 1 rings (SSSR count). The highest BCUT2D eigenvalue weighted by molar-refractivity contribution is 4.67. The number of nitrogens with zero attached hydrogens (tertiary/aromatic N) is 1. The van der Waals surface area contributed by atoms with Gasteiger partial charge in [-0.3, -0.25) is 0 Å². The zero-order chi connectivity index (χ0) is 9.52. The topological polar surface area (TPSA) is 24.5 Å². The molecule has 0 unspecified atom stereocenters. The van der Waals surface area contributed by atoms with Gasteiger partial charge in [-0.15, -0.1) is 0 Å². The molecule has 1 saturated heterocycles. The SMILES string of the molecule is CN(C)CCCNC[C@@H]1CCCO1. The van der Waals surface area contributed by atoms with Crippen molar-refractivity contribution in [1.29, 1.82) is 0 Å². The maximum atomic E-state index is 5.51. The second-order valence-electron chi connectivity index (χ2n) is 4.00. The first-order valence-corrected chi connectivity index (χ1v) is 5.26. The van der Waals surface area contributed by atoms with Gasteiger partial charge in [0.1, 0.15) is 0 Å². The van der Waals surface area contributed by atoms with Gasteiger partial charge >= 0.3 is 0 Å². The molecule has 0 bridgehead atoms. The summed E-state index contributed by atoms with van der Waals surface area (Å²) in [4.78, 5) is 2.22. The van der Waals surface area contributed by atoms with Crippen LogP contribution in [0.1, 0.15) is 19.3 Å². The molecule has 3 heteroatoms. The minimum atomic E-state index is 0.486. The van der Waals surface area contributed by atoms with E-state index in [9.17, 15) is 0 Å². The summed E-state index contributed by atoms with van der Waals surface area (Å²) in [7, 11) is 4.22. The molecule has 0 aromatic heterocycles. The van der Waals surface area contributed by atoms with E-state index in [1.54, 1.807) is 0 Å². The molecule has 3 nitrogen and oxygen atoms in total. The Morgan fingerprint density at radius 3 is 2.92 bits per heavy atom. The van der Waals surface area contributed by atoms with E-state index in [0.29, 0.717) is 6.10 Å². The molecule has 0 aliphatic carbocycles. The number of hydrogen-bond acceptors (Lipinski definition) is 3. The molecule has 1 atom stereocenters. The van der Waals surface area contributed by atoms with E-state index in [4.69, 9.17) is 4.74 Å². The molecule has 0 aromatic carbocycles. The third-order valence-corrected chi connectivity index (χ3v) is 2.35. The van der Waals surface area contributed by atoms with Crippen molar-refractivity contribution in [3.8, 4) is 0 Å². The van der Waals surface area contributed by atoms with E-state index in [0.717, 1.165) is 19.7 Å². The van der Waals surface area contributed by atoms with Crippen molar-refractivity contribution in [1.82, 2.24) is 10.2 Å². The van der Waals surface area contributed by atoms with Crippen LogP contribution in [0, 0.1) is 0 Å². The molecular weight excluding hydrogens is 164 g/mol. The van der Waals surface area contributed by atoms with E-state index >= 15 is 0 Å². The Kier molecular flexibility index (Phi) is 5.35. The van der Waals surface area contributed by atoms with Crippen molar-refractivity contribution in [2.24, 2.45) is 0 Å². The van der Waals surface area contributed by atoms with Crippen LogP contribution < -0.4 is 5.32 Å². The van der Waals surface area contributed by atoms with Crippen LogP contribution in [0.25, 0.3) is 0 Å². The van der Waals surface area contributed by atoms with Gasteiger partial charge in [0.2, 0.25) is 0 Å². The Morgan fingerprint density at radius 2 is 2.31 bits per heavy atom. The first-order valence-electron chi connectivity index (χ1n) is 5.26. The number of hydrogen-bond donors (Lipinski definition) is 1. The van der Waals surface area contributed by atoms with E-state index in [1.807, 2.05) is 0 Å². The van der Waals surface area contributed by atoms with Crippen LogP contribution in [0.3, 0.4) is 0 Å². The van der Waals surface area contributed by atoms with Gasteiger partial charge < -0.3 is 15.0 Å². The maximum Gasteiger partial charge on any atom is 0.0700 e. The Morgan fingerprint density at radius 1 is 1.46 bits per heavy atom. The van der Waals surface area contributed by atoms with Crippen LogP contribution in [0.2, 0.25) is 0 Å². The molecule has 0 aromatic rings. The summed E-state index contributed by atoms with van der Waals surface area (Å²) in [5, 5.41) is 3.43. The molecular formula is C10H22N2O. The second kappa shape index (κ2) is 6.35. The monoisotopic (exact) mass is 186 g/mol. The minimum Gasteiger partial charge on any atom is -0.377 e. The Bertz CT molecular complexity index is 122. The predicted molar refractivity (Wildman–Crippen MR) is 55.0 cm³/mol. The lowest BCUT2D eigenvalue weighted by atomic mass is 10.2. The van der Waals surface area contributed by atoms with Gasteiger partial charge in [0.05, 0.1) is 6.10 Å². The van der Waals surface area contributed by atoms with Crippen LogP contribution in [0.15, 0.2) is 0 Å². The molecule has 0 amide bonds. The van der Waals surface area contributed by atoms with Gasteiger partial charge in [0.15, 0.2) is 0 Å². The Hall–Kier alpha value is -0.120. The average Bonchev–Trinajstić information content (AvgIpc) is 2.55. The summed E-state index contributed by atoms with van der Waals surface area (Å²) < 4.78 is 5.51. The van der Waals surface area contributed by atoms with E-state index < -0.39 is 0 Å². The van der Waals surface area contributed by atoms with Crippen LogP contribution in [0.5, 0.6) is 0 Å². The molecule has 1 heterocycles. The van der Waals surface area contributed by atoms with Crippen LogP contribution in [-0.2, 0) is 4.74 Å². The van der Waals surface area contributed by atoms with Crippen LogP contribution in [0.4, 0.5) is 0 Å². The van der Waals surface area contributed by atoms with Crippen LogP contribution in [-0.4, -0.2) is 51.3 Å².